The maximum Gasteiger partial charge on any atom is 0.251 e. The molecule has 3 N–H and O–H groups in total. The molecule has 158 valence electrons. The lowest BCUT2D eigenvalue weighted by molar-refractivity contribution is -0.114. The van der Waals surface area contributed by atoms with E-state index in [0.717, 1.165) is 11.3 Å². The first-order valence-corrected chi connectivity index (χ1v) is 9.94. The summed E-state index contributed by atoms with van der Waals surface area (Å²) in [5.41, 5.74) is 2.96. The Balaban J connectivity index is 1.46. The molecule has 0 spiro atoms. The molecule has 0 bridgehead atoms. The highest BCUT2D eigenvalue weighted by molar-refractivity contribution is 5.96. The van der Waals surface area contributed by atoms with Crippen molar-refractivity contribution in [3.63, 3.8) is 0 Å². The summed E-state index contributed by atoms with van der Waals surface area (Å²) in [6.45, 7) is 4.60. The zero-order valence-electron chi connectivity index (χ0n) is 17.1. The van der Waals surface area contributed by atoms with E-state index in [1.807, 2.05) is 54.6 Å². The van der Waals surface area contributed by atoms with Gasteiger partial charge in [-0.3, -0.25) is 9.59 Å². The molecule has 0 fully saturated rings. The van der Waals surface area contributed by atoms with E-state index in [2.05, 4.69) is 22.5 Å². The predicted octanol–water partition coefficient (Wildman–Crippen LogP) is 4.23. The average molecular weight is 415 g/mol. The van der Waals surface area contributed by atoms with Crippen molar-refractivity contribution in [1.82, 2.24) is 5.32 Å². The number of carbonyl (C=O) groups is 2. The van der Waals surface area contributed by atoms with Crippen molar-refractivity contribution in [2.45, 2.75) is 6.54 Å². The van der Waals surface area contributed by atoms with Crippen LogP contribution in [0.25, 0.3) is 0 Å². The monoisotopic (exact) mass is 415 g/mol. The van der Waals surface area contributed by atoms with Crippen LogP contribution in [0.4, 0.5) is 11.4 Å². The highest BCUT2D eigenvalue weighted by atomic mass is 16.5. The fraction of sp³-hybridized carbons (Fsp3) is 0.120. The van der Waals surface area contributed by atoms with Gasteiger partial charge in [-0.05, 0) is 42.0 Å². The molecule has 0 aliphatic carbocycles. The fourth-order valence-corrected chi connectivity index (χ4v) is 2.82. The lowest BCUT2D eigenvalue weighted by Crippen LogP contribution is -2.23. The fourth-order valence-electron chi connectivity index (χ4n) is 2.82. The lowest BCUT2D eigenvalue weighted by Gasteiger charge is -2.10. The third-order valence-corrected chi connectivity index (χ3v) is 4.38. The third kappa shape index (κ3) is 7.04. The highest BCUT2D eigenvalue weighted by Crippen LogP contribution is 2.17. The van der Waals surface area contributed by atoms with Crippen LogP contribution in [-0.4, -0.2) is 25.0 Å². The summed E-state index contributed by atoms with van der Waals surface area (Å²) in [6.07, 6.45) is 1.67. The summed E-state index contributed by atoms with van der Waals surface area (Å²) >= 11 is 0. The Bertz CT molecular complexity index is 1020. The average Bonchev–Trinajstić information content (AvgIpc) is 2.81. The van der Waals surface area contributed by atoms with Gasteiger partial charge >= 0.3 is 0 Å². The number of amides is 2. The minimum atomic E-state index is -0.196. The maximum absolute atomic E-state index is 12.3. The maximum atomic E-state index is 12.3. The third-order valence-electron chi connectivity index (χ3n) is 4.38. The summed E-state index contributed by atoms with van der Waals surface area (Å²) in [4.78, 5) is 24.5. The molecule has 31 heavy (non-hydrogen) atoms. The molecule has 0 atom stereocenters. The van der Waals surface area contributed by atoms with Crippen LogP contribution in [0.5, 0.6) is 5.75 Å². The van der Waals surface area contributed by atoms with Gasteiger partial charge in [0, 0.05) is 29.5 Å². The molecule has 3 aromatic carbocycles. The Kier molecular flexibility index (Phi) is 7.83. The van der Waals surface area contributed by atoms with E-state index < -0.39 is 0 Å². The van der Waals surface area contributed by atoms with Gasteiger partial charge in [-0.2, -0.15) is 0 Å². The van der Waals surface area contributed by atoms with E-state index in [-0.39, 0.29) is 18.4 Å². The minimum absolute atomic E-state index is 0.101. The normalized spacial score (nSPS) is 10.1. The molecule has 6 heteroatoms. The number of hydrogen-bond acceptors (Lipinski definition) is 4. The van der Waals surface area contributed by atoms with Crippen LogP contribution in [0.15, 0.2) is 91.5 Å². The van der Waals surface area contributed by atoms with Crippen LogP contribution in [0.3, 0.4) is 0 Å². The van der Waals surface area contributed by atoms with Gasteiger partial charge in [0.1, 0.15) is 12.4 Å². The van der Waals surface area contributed by atoms with Crippen LogP contribution in [0.2, 0.25) is 0 Å². The van der Waals surface area contributed by atoms with Crippen LogP contribution < -0.4 is 20.7 Å². The molecule has 0 saturated heterocycles. The van der Waals surface area contributed by atoms with Gasteiger partial charge in [0.15, 0.2) is 0 Å². The quantitative estimate of drug-likeness (QED) is 0.433. The van der Waals surface area contributed by atoms with Gasteiger partial charge < -0.3 is 20.7 Å². The first-order chi connectivity index (χ1) is 15.1. The molecule has 0 aromatic heterocycles. The number of benzene rings is 3. The van der Waals surface area contributed by atoms with Crippen LogP contribution in [-0.2, 0) is 11.3 Å². The first kappa shape index (κ1) is 21.6. The molecule has 0 aliphatic heterocycles. The van der Waals surface area contributed by atoms with Crippen molar-refractivity contribution in [3.05, 3.63) is 103 Å². The number of hydrogen-bond donors (Lipinski definition) is 3. The molecule has 0 radical (unpaired) electrons. The van der Waals surface area contributed by atoms with Crippen LogP contribution in [0, 0.1) is 0 Å². The molecule has 3 aromatic rings. The summed E-state index contributed by atoms with van der Waals surface area (Å²) in [6, 6.07) is 23.9. The SMILES string of the molecule is C=CCOc1cccc(NCC(=O)Nc2ccc(C(=O)NCc3ccccc3)cc2)c1. The van der Waals surface area contributed by atoms with Gasteiger partial charge in [-0.25, -0.2) is 0 Å². The lowest BCUT2D eigenvalue weighted by atomic mass is 10.1. The van der Waals surface area contributed by atoms with E-state index in [9.17, 15) is 9.59 Å². The predicted molar refractivity (Wildman–Crippen MR) is 123 cm³/mol. The number of rotatable bonds is 10. The number of anilines is 2. The van der Waals surface area contributed by atoms with Gasteiger partial charge in [0.05, 0.1) is 6.54 Å². The zero-order chi connectivity index (χ0) is 21.9. The smallest absolute Gasteiger partial charge is 0.251 e. The standard InChI is InChI=1S/C25H25N3O3/c1-2-15-31-23-10-6-9-22(16-23)26-18-24(29)28-21-13-11-20(12-14-21)25(30)27-17-19-7-4-3-5-8-19/h2-14,16,26H,1,15,17-18H2,(H,27,30)(H,28,29). The zero-order valence-corrected chi connectivity index (χ0v) is 17.1. The highest BCUT2D eigenvalue weighted by Gasteiger charge is 2.07. The second-order valence-corrected chi connectivity index (χ2v) is 6.77. The van der Waals surface area contributed by atoms with E-state index in [4.69, 9.17) is 4.74 Å². The summed E-state index contributed by atoms with van der Waals surface area (Å²) in [7, 11) is 0. The molecule has 0 heterocycles. The van der Waals surface area contributed by atoms with Crippen molar-refractivity contribution in [2.24, 2.45) is 0 Å². The van der Waals surface area contributed by atoms with Crippen molar-refractivity contribution in [1.29, 1.82) is 0 Å². The molecule has 0 saturated carbocycles. The Morgan fingerprint density at radius 2 is 1.68 bits per heavy atom. The van der Waals surface area contributed by atoms with Crippen LogP contribution >= 0.6 is 0 Å². The van der Waals surface area contributed by atoms with Crippen molar-refractivity contribution in [2.75, 3.05) is 23.8 Å². The Labute approximate surface area is 181 Å². The molecule has 2 amide bonds. The van der Waals surface area contributed by atoms with Crippen molar-refractivity contribution < 1.29 is 14.3 Å². The second kappa shape index (κ2) is 11.2. The summed E-state index contributed by atoms with van der Waals surface area (Å²) in [5, 5.41) is 8.75. The summed E-state index contributed by atoms with van der Waals surface area (Å²) in [5.74, 6) is 0.340. The molecule has 0 unspecified atom stereocenters. The van der Waals surface area contributed by atoms with Gasteiger partial charge in [0.25, 0.3) is 5.91 Å². The largest absolute Gasteiger partial charge is 0.489 e. The Hall–Kier alpha value is -4.06. The first-order valence-electron chi connectivity index (χ1n) is 9.94. The van der Waals surface area contributed by atoms with E-state index in [0.29, 0.717) is 30.2 Å². The molecular weight excluding hydrogens is 390 g/mol. The Morgan fingerprint density at radius 3 is 2.42 bits per heavy atom. The topological polar surface area (TPSA) is 79.5 Å². The van der Waals surface area contributed by atoms with Gasteiger partial charge in [-0.1, -0.05) is 49.1 Å². The molecule has 3 rings (SSSR count). The van der Waals surface area contributed by atoms with Crippen LogP contribution in [0.1, 0.15) is 15.9 Å². The number of carbonyl (C=O) groups excluding carboxylic acids is 2. The minimum Gasteiger partial charge on any atom is -0.489 e. The van der Waals surface area contributed by atoms with Crippen molar-refractivity contribution >= 4 is 23.2 Å². The molecule has 6 nitrogen and oxygen atoms in total. The van der Waals surface area contributed by atoms with E-state index in [1.165, 1.54) is 0 Å². The molecular formula is C25H25N3O3. The van der Waals surface area contributed by atoms with E-state index >= 15 is 0 Å². The number of ether oxygens (including phenoxy) is 1. The van der Waals surface area contributed by atoms with Crippen molar-refractivity contribution in [3.8, 4) is 5.75 Å². The Morgan fingerprint density at radius 1 is 0.903 bits per heavy atom. The molecule has 0 aliphatic rings. The second-order valence-electron chi connectivity index (χ2n) is 6.77. The summed E-state index contributed by atoms with van der Waals surface area (Å²) < 4.78 is 5.48. The van der Waals surface area contributed by atoms with Gasteiger partial charge in [0.2, 0.25) is 5.91 Å². The number of nitrogens with one attached hydrogen (secondary N) is 3. The van der Waals surface area contributed by atoms with Gasteiger partial charge in [-0.15, -0.1) is 0 Å². The van der Waals surface area contributed by atoms with E-state index in [1.54, 1.807) is 30.3 Å².